The molecule has 1 amide bonds. The van der Waals surface area contributed by atoms with Crippen LogP contribution in [0.25, 0.3) is 0 Å². The van der Waals surface area contributed by atoms with Crippen molar-refractivity contribution in [3.8, 4) is 0 Å². The molecule has 0 radical (unpaired) electrons. The van der Waals surface area contributed by atoms with Crippen molar-refractivity contribution in [2.75, 3.05) is 11.9 Å². The Morgan fingerprint density at radius 3 is 2.61 bits per heavy atom. The fraction of sp³-hybridized carbons (Fsp3) is 0.409. The number of rotatable bonds is 6. The molecule has 3 rings (SSSR count). The van der Waals surface area contributed by atoms with Crippen LogP contribution in [0, 0.1) is 6.92 Å². The molecule has 6 nitrogen and oxygen atoms in total. The number of anilines is 1. The maximum atomic E-state index is 12.7. The molecule has 1 aromatic heterocycles. The van der Waals surface area contributed by atoms with Gasteiger partial charge in [0.1, 0.15) is 11.2 Å². The SMILES string of the molecule is CCOC(=O)c1c(NC(=S)NC(NC(=O)c2cccc(C)c2)C(Cl)(Cl)Cl)sc2c1CCCC2. The molecule has 0 fully saturated rings. The van der Waals surface area contributed by atoms with Gasteiger partial charge in [0.15, 0.2) is 5.11 Å². The number of nitrogens with one attached hydrogen (secondary N) is 3. The highest BCUT2D eigenvalue weighted by Gasteiger charge is 2.35. The van der Waals surface area contributed by atoms with Crippen molar-refractivity contribution in [1.29, 1.82) is 0 Å². The normalized spacial score (nSPS) is 14.1. The first kappa shape index (κ1) is 26.0. The van der Waals surface area contributed by atoms with Gasteiger partial charge in [-0.1, -0.05) is 52.5 Å². The van der Waals surface area contributed by atoms with E-state index in [2.05, 4.69) is 16.0 Å². The van der Waals surface area contributed by atoms with Crippen LogP contribution in [0.4, 0.5) is 5.00 Å². The van der Waals surface area contributed by atoms with Crippen molar-refractivity contribution >= 4 is 80.3 Å². The third-order valence-corrected chi connectivity index (χ3v) is 7.12. The second-order valence-corrected chi connectivity index (χ2v) is 11.4. The number of thiophene rings is 1. The van der Waals surface area contributed by atoms with Gasteiger partial charge in [-0.05, 0) is 69.4 Å². The van der Waals surface area contributed by atoms with Crippen LogP contribution < -0.4 is 16.0 Å². The number of carbonyl (C=O) groups excluding carboxylic acids is 2. The van der Waals surface area contributed by atoms with E-state index in [0.29, 0.717) is 16.1 Å². The highest BCUT2D eigenvalue weighted by molar-refractivity contribution is 7.80. The summed E-state index contributed by atoms with van der Waals surface area (Å²) < 4.78 is 3.37. The molecule has 1 heterocycles. The van der Waals surface area contributed by atoms with Crippen molar-refractivity contribution < 1.29 is 14.3 Å². The zero-order chi connectivity index (χ0) is 24.2. The number of esters is 1. The molecule has 1 atom stereocenters. The summed E-state index contributed by atoms with van der Waals surface area (Å²) in [5.41, 5.74) is 2.84. The Balaban J connectivity index is 1.78. The summed E-state index contributed by atoms with van der Waals surface area (Å²) in [5, 5.41) is 9.22. The third-order valence-electron chi connectivity index (χ3n) is 5.04. The minimum Gasteiger partial charge on any atom is -0.462 e. The molecule has 1 aromatic carbocycles. The Labute approximate surface area is 217 Å². The fourth-order valence-corrected chi connectivity index (χ4v) is 5.44. The largest absolute Gasteiger partial charge is 0.462 e. The lowest BCUT2D eigenvalue weighted by molar-refractivity contribution is 0.0526. The Kier molecular flexibility index (Phi) is 8.86. The molecular weight excluding hydrogens is 525 g/mol. The summed E-state index contributed by atoms with van der Waals surface area (Å²) in [6, 6.07) is 7.03. The van der Waals surface area contributed by atoms with Crippen molar-refractivity contribution in [2.24, 2.45) is 0 Å². The zero-order valence-corrected chi connectivity index (χ0v) is 22.0. The second-order valence-electron chi connectivity index (χ2n) is 7.55. The lowest BCUT2D eigenvalue weighted by Gasteiger charge is -2.27. The second kappa shape index (κ2) is 11.2. The van der Waals surface area contributed by atoms with Crippen molar-refractivity contribution in [1.82, 2.24) is 10.6 Å². The zero-order valence-electron chi connectivity index (χ0n) is 18.1. The third kappa shape index (κ3) is 6.73. The molecular formula is C22H24Cl3N3O3S2. The molecule has 3 N–H and O–H groups in total. The number of benzene rings is 1. The lowest BCUT2D eigenvalue weighted by atomic mass is 9.95. The Hall–Kier alpha value is -1.58. The summed E-state index contributed by atoms with van der Waals surface area (Å²) in [4.78, 5) is 26.5. The predicted molar refractivity (Wildman–Crippen MR) is 139 cm³/mol. The van der Waals surface area contributed by atoms with Crippen LogP contribution in [0.1, 0.15) is 56.5 Å². The van der Waals surface area contributed by atoms with Crippen LogP contribution >= 0.6 is 58.4 Å². The molecule has 0 spiro atoms. The molecule has 33 heavy (non-hydrogen) atoms. The number of ether oxygens (including phenoxy) is 1. The first-order chi connectivity index (χ1) is 15.6. The summed E-state index contributed by atoms with van der Waals surface area (Å²) in [6.45, 7) is 3.91. The average molecular weight is 549 g/mol. The summed E-state index contributed by atoms with van der Waals surface area (Å²) in [5.74, 6) is -0.822. The van der Waals surface area contributed by atoms with Crippen molar-refractivity contribution in [3.05, 3.63) is 51.4 Å². The average Bonchev–Trinajstić information content (AvgIpc) is 3.10. The number of thiocarbonyl (C=S) groups is 1. The number of alkyl halides is 3. The van der Waals surface area contributed by atoms with Gasteiger partial charge in [0.2, 0.25) is 3.79 Å². The molecule has 0 aliphatic heterocycles. The first-order valence-corrected chi connectivity index (χ1v) is 12.8. The maximum Gasteiger partial charge on any atom is 0.341 e. The van der Waals surface area contributed by atoms with Crippen LogP contribution in [-0.4, -0.2) is 33.6 Å². The van der Waals surface area contributed by atoms with E-state index < -0.39 is 21.8 Å². The van der Waals surface area contributed by atoms with Gasteiger partial charge in [-0.25, -0.2) is 4.79 Å². The number of aryl methyl sites for hydroxylation is 2. The molecule has 178 valence electrons. The highest BCUT2D eigenvalue weighted by Crippen LogP contribution is 2.38. The standard InChI is InChI=1S/C22H24Cl3N3O3S2/c1-3-31-19(30)16-14-9-4-5-10-15(14)33-18(16)27-21(32)28-20(22(23,24)25)26-17(29)13-8-6-7-12(2)11-13/h6-8,11,20H,3-5,9-10H2,1-2H3,(H,26,29)(H2,27,28,32). The smallest absolute Gasteiger partial charge is 0.341 e. The first-order valence-electron chi connectivity index (χ1n) is 10.4. The van der Waals surface area contributed by atoms with Gasteiger partial charge < -0.3 is 20.7 Å². The summed E-state index contributed by atoms with van der Waals surface area (Å²) in [7, 11) is 0. The summed E-state index contributed by atoms with van der Waals surface area (Å²) in [6.07, 6.45) is 2.66. The van der Waals surface area contributed by atoms with Crippen LogP contribution in [-0.2, 0) is 17.6 Å². The topological polar surface area (TPSA) is 79.5 Å². The molecule has 1 aliphatic rings. The molecule has 0 saturated carbocycles. The van der Waals surface area contributed by atoms with Gasteiger partial charge in [0.05, 0.1) is 12.2 Å². The van der Waals surface area contributed by atoms with E-state index in [1.54, 1.807) is 25.1 Å². The van der Waals surface area contributed by atoms with Crippen LogP contribution in [0.3, 0.4) is 0 Å². The van der Waals surface area contributed by atoms with E-state index in [0.717, 1.165) is 41.7 Å². The van der Waals surface area contributed by atoms with E-state index in [1.165, 1.54) is 11.3 Å². The van der Waals surface area contributed by atoms with Gasteiger partial charge in [-0.3, -0.25) is 4.79 Å². The van der Waals surface area contributed by atoms with E-state index in [1.807, 2.05) is 13.0 Å². The van der Waals surface area contributed by atoms with Gasteiger partial charge >= 0.3 is 5.97 Å². The molecule has 11 heteroatoms. The minimum absolute atomic E-state index is 0.0972. The molecule has 0 bridgehead atoms. The monoisotopic (exact) mass is 547 g/mol. The number of halogens is 3. The fourth-order valence-electron chi connectivity index (χ4n) is 3.54. The van der Waals surface area contributed by atoms with Gasteiger partial charge in [-0.2, -0.15) is 0 Å². The van der Waals surface area contributed by atoms with Crippen LogP contribution in [0.15, 0.2) is 24.3 Å². The van der Waals surface area contributed by atoms with Gasteiger partial charge in [-0.15, -0.1) is 11.3 Å². The lowest BCUT2D eigenvalue weighted by Crippen LogP contribution is -2.56. The van der Waals surface area contributed by atoms with E-state index in [4.69, 9.17) is 51.8 Å². The Bertz CT molecular complexity index is 1050. The number of carbonyl (C=O) groups is 2. The van der Waals surface area contributed by atoms with E-state index in [9.17, 15) is 9.59 Å². The minimum atomic E-state index is -1.90. The van der Waals surface area contributed by atoms with Crippen LogP contribution in [0.5, 0.6) is 0 Å². The number of hydrogen-bond acceptors (Lipinski definition) is 5. The van der Waals surface area contributed by atoms with E-state index >= 15 is 0 Å². The quantitative estimate of drug-likeness (QED) is 0.191. The molecule has 1 aliphatic carbocycles. The number of hydrogen-bond donors (Lipinski definition) is 3. The van der Waals surface area contributed by atoms with Gasteiger partial charge in [0.25, 0.3) is 5.91 Å². The molecule has 0 saturated heterocycles. The highest BCUT2D eigenvalue weighted by atomic mass is 35.6. The van der Waals surface area contributed by atoms with E-state index in [-0.39, 0.29) is 11.7 Å². The van der Waals surface area contributed by atoms with Crippen LogP contribution in [0.2, 0.25) is 0 Å². The Morgan fingerprint density at radius 2 is 1.94 bits per heavy atom. The number of amides is 1. The predicted octanol–water partition coefficient (Wildman–Crippen LogP) is 5.52. The Morgan fingerprint density at radius 1 is 1.21 bits per heavy atom. The molecule has 1 unspecified atom stereocenters. The van der Waals surface area contributed by atoms with Crippen molar-refractivity contribution in [3.63, 3.8) is 0 Å². The van der Waals surface area contributed by atoms with Gasteiger partial charge in [0, 0.05) is 10.4 Å². The molecule has 2 aromatic rings. The maximum absolute atomic E-state index is 12.7. The summed E-state index contributed by atoms with van der Waals surface area (Å²) >= 11 is 25.2. The van der Waals surface area contributed by atoms with Crippen molar-refractivity contribution in [2.45, 2.75) is 49.5 Å². The number of fused-ring (bicyclic) bond motifs is 1.